The molecule has 3 rings (SSSR count). The van der Waals surface area contributed by atoms with Crippen LogP contribution >= 0.6 is 22.9 Å². The Morgan fingerprint density at radius 2 is 2.05 bits per heavy atom. The summed E-state index contributed by atoms with van der Waals surface area (Å²) >= 11 is 7.11. The van der Waals surface area contributed by atoms with Gasteiger partial charge in [0.05, 0.1) is 15.1 Å². The number of carbonyl (C=O) groups excluding carboxylic acids is 1. The topological polar surface area (TPSA) is 85.1 Å². The Hall–Kier alpha value is -2.51. The lowest BCUT2D eigenvalue weighted by Gasteiger charge is -2.03. The quantitative estimate of drug-likeness (QED) is 0.577. The van der Waals surface area contributed by atoms with Crippen molar-refractivity contribution < 1.29 is 9.72 Å². The van der Waals surface area contributed by atoms with E-state index in [9.17, 15) is 14.9 Å². The van der Waals surface area contributed by atoms with Gasteiger partial charge in [-0.1, -0.05) is 35.1 Å². The van der Waals surface area contributed by atoms with E-state index in [4.69, 9.17) is 11.6 Å². The molecular weight excluding hydrogens is 326 g/mol. The monoisotopic (exact) mass is 333 g/mol. The number of carbonyl (C=O) groups is 1. The van der Waals surface area contributed by atoms with Crippen LogP contribution in [0.1, 0.15) is 10.4 Å². The highest BCUT2D eigenvalue weighted by Crippen LogP contribution is 2.28. The number of nitrogens with one attached hydrogen (secondary N) is 1. The molecule has 0 spiro atoms. The predicted molar refractivity (Wildman–Crippen MR) is 85.7 cm³/mol. The number of nitro groups is 1. The fourth-order valence-corrected chi connectivity index (χ4v) is 2.97. The molecule has 3 aromatic rings. The summed E-state index contributed by atoms with van der Waals surface area (Å²) in [6.45, 7) is 0. The number of aromatic nitrogens is 1. The van der Waals surface area contributed by atoms with Crippen molar-refractivity contribution in [2.24, 2.45) is 0 Å². The van der Waals surface area contributed by atoms with Crippen molar-refractivity contribution in [2.75, 3.05) is 5.32 Å². The number of nitrogens with zero attached hydrogens (tertiary/aromatic N) is 2. The number of fused-ring (bicyclic) bond motifs is 1. The van der Waals surface area contributed by atoms with Crippen LogP contribution in [0.15, 0.2) is 42.5 Å². The molecule has 0 unspecified atom stereocenters. The summed E-state index contributed by atoms with van der Waals surface area (Å²) in [7, 11) is 0. The van der Waals surface area contributed by atoms with Crippen molar-refractivity contribution in [3.8, 4) is 0 Å². The minimum Gasteiger partial charge on any atom is -0.298 e. The van der Waals surface area contributed by atoms with Crippen LogP contribution in [0.5, 0.6) is 0 Å². The summed E-state index contributed by atoms with van der Waals surface area (Å²) in [5.41, 5.74) is 0.350. The lowest BCUT2D eigenvalue weighted by atomic mass is 10.1. The van der Waals surface area contributed by atoms with Crippen molar-refractivity contribution >= 4 is 49.9 Å². The van der Waals surface area contributed by atoms with E-state index in [1.807, 2.05) is 24.3 Å². The molecule has 0 saturated carbocycles. The molecule has 0 radical (unpaired) electrons. The molecule has 2 aromatic carbocycles. The molecule has 22 heavy (non-hydrogen) atoms. The molecule has 0 aliphatic rings. The number of rotatable bonds is 3. The second kappa shape index (κ2) is 5.70. The summed E-state index contributed by atoms with van der Waals surface area (Å²) in [6.07, 6.45) is 0. The first kappa shape index (κ1) is 14.4. The maximum Gasteiger partial charge on any atom is 0.282 e. The molecule has 8 heteroatoms. The zero-order valence-corrected chi connectivity index (χ0v) is 12.5. The van der Waals surface area contributed by atoms with Crippen LogP contribution in [0.2, 0.25) is 5.02 Å². The number of hydrogen-bond donors (Lipinski definition) is 1. The zero-order valence-electron chi connectivity index (χ0n) is 10.9. The van der Waals surface area contributed by atoms with Gasteiger partial charge in [0.1, 0.15) is 5.56 Å². The van der Waals surface area contributed by atoms with Gasteiger partial charge in [0, 0.05) is 11.1 Å². The number of anilines is 1. The second-order valence-corrected chi connectivity index (χ2v) is 5.83. The third-order valence-electron chi connectivity index (χ3n) is 2.91. The van der Waals surface area contributed by atoms with E-state index in [0.29, 0.717) is 5.13 Å². The minimum absolute atomic E-state index is 0.100. The standard InChI is InChI=1S/C14H8ClN3O3S/c15-8-5-6-11(18(20)21)9(7-8)13(19)17-14-16-10-3-1-2-4-12(10)22-14/h1-7H,(H,16,17,19). The van der Waals surface area contributed by atoms with Crippen molar-refractivity contribution in [3.05, 3.63) is 63.2 Å². The Morgan fingerprint density at radius 3 is 2.77 bits per heavy atom. The van der Waals surface area contributed by atoms with Crippen LogP contribution in [0.3, 0.4) is 0 Å². The average Bonchev–Trinajstić information content (AvgIpc) is 2.88. The molecule has 1 heterocycles. The fourth-order valence-electron chi connectivity index (χ4n) is 1.94. The van der Waals surface area contributed by atoms with Gasteiger partial charge in [-0.3, -0.25) is 20.2 Å². The van der Waals surface area contributed by atoms with Gasteiger partial charge in [-0.05, 0) is 24.3 Å². The first-order chi connectivity index (χ1) is 10.5. The minimum atomic E-state index is -0.621. The van der Waals surface area contributed by atoms with E-state index in [1.165, 1.54) is 29.5 Å². The molecule has 0 saturated heterocycles. The van der Waals surface area contributed by atoms with Crippen molar-refractivity contribution in [3.63, 3.8) is 0 Å². The summed E-state index contributed by atoms with van der Waals surface area (Å²) in [5.74, 6) is -0.617. The number of hydrogen-bond acceptors (Lipinski definition) is 5. The molecule has 0 bridgehead atoms. The summed E-state index contributed by atoms with van der Waals surface area (Å²) in [5, 5.41) is 14.2. The highest BCUT2D eigenvalue weighted by atomic mass is 35.5. The van der Waals surface area contributed by atoms with Gasteiger partial charge < -0.3 is 0 Å². The van der Waals surface area contributed by atoms with Gasteiger partial charge in [-0.15, -0.1) is 0 Å². The van der Waals surface area contributed by atoms with Crippen LogP contribution < -0.4 is 5.32 Å². The van der Waals surface area contributed by atoms with Gasteiger partial charge in [-0.2, -0.15) is 0 Å². The van der Waals surface area contributed by atoms with Crippen LogP contribution in [0.25, 0.3) is 10.2 Å². The normalized spacial score (nSPS) is 10.6. The van der Waals surface area contributed by atoms with Gasteiger partial charge in [0.15, 0.2) is 5.13 Å². The van der Waals surface area contributed by atoms with E-state index in [-0.39, 0.29) is 16.3 Å². The molecule has 1 amide bonds. The number of nitro benzene ring substituents is 1. The van der Waals surface area contributed by atoms with E-state index in [2.05, 4.69) is 10.3 Å². The third-order valence-corrected chi connectivity index (χ3v) is 4.10. The Morgan fingerprint density at radius 1 is 1.27 bits per heavy atom. The first-order valence-corrected chi connectivity index (χ1v) is 7.35. The number of thiazole rings is 1. The molecule has 1 aromatic heterocycles. The molecule has 0 atom stereocenters. The van der Waals surface area contributed by atoms with Gasteiger partial charge in [0.25, 0.3) is 11.6 Å². The molecule has 0 fully saturated rings. The van der Waals surface area contributed by atoms with Crippen molar-refractivity contribution in [2.45, 2.75) is 0 Å². The summed E-state index contributed by atoms with van der Waals surface area (Å²) < 4.78 is 0.915. The lowest BCUT2D eigenvalue weighted by molar-refractivity contribution is -0.385. The molecule has 0 aliphatic carbocycles. The number of benzene rings is 2. The van der Waals surface area contributed by atoms with Gasteiger partial charge in [-0.25, -0.2) is 4.98 Å². The summed E-state index contributed by atoms with van der Waals surface area (Å²) in [6, 6.07) is 11.3. The van der Waals surface area contributed by atoms with Crippen molar-refractivity contribution in [1.29, 1.82) is 0 Å². The van der Waals surface area contributed by atoms with Gasteiger partial charge >= 0.3 is 0 Å². The van der Waals surface area contributed by atoms with Crippen LogP contribution in [0.4, 0.5) is 10.8 Å². The molecule has 0 aliphatic heterocycles. The number of amides is 1. The second-order valence-electron chi connectivity index (χ2n) is 4.36. The Kier molecular flexibility index (Phi) is 3.74. The van der Waals surface area contributed by atoms with Crippen LogP contribution in [0, 0.1) is 10.1 Å². The molecule has 1 N–H and O–H groups in total. The molecular formula is C14H8ClN3O3S. The lowest BCUT2D eigenvalue weighted by Crippen LogP contribution is -2.13. The number of para-hydroxylation sites is 1. The summed E-state index contributed by atoms with van der Waals surface area (Å²) in [4.78, 5) is 26.9. The van der Waals surface area contributed by atoms with E-state index in [1.54, 1.807) is 0 Å². The predicted octanol–water partition coefficient (Wildman–Crippen LogP) is 4.11. The number of halogens is 1. The Labute approximate surface area is 133 Å². The van der Waals surface area contributed by atoms with E-state index in [0.717, 1.165) is 10.2 Å². The Bertz CT molecular complexity index is 861. The third kappa shape index (κ3) is 2.76. The Balaban J connectivity index is 1.94. The SMILES string of the molecule is O=C(Nc1nc2ccccc2s1)c1cc(Cl)ccc1[N+](=O)[O-]. The van der Waals surface area contributed by atoms with Crippen LogP contribution in [-0.4, -0.2) is 15.8 Å². The molecule has 6 nitrogen and oxygen atoms in total. The zero-order chi connectivity index (χ0) is 15.7. The maximum atomic E-state index is 12.3. The van der Waals surface area contributed by atoms with Crippen molar-refractivity contribution in [1.82, 2.24) is 4.98 Å². The highest BCUT2D eigenvalue weighted by Gasteiger charge is 2.21. The maximum absolute atomic E-state index is 12.3. The van der Waals surface area contributed by atoms with Crippen LogP contribution in [-0.2, 0) is 0 Å². The molecule has 110 valence electrons. The largest absolute Gasteiger partial charge is 0.298 e. The van der Waals surface area contributed by atoms with E-state index >= 15 is 0 Å². The smallest absolute Gasteiger partial charge is 0.282 e. The average molecular weight is 334 g/mol. The first-order valence-electron chi connectivity index (χ1n) is 6.15. The highest BCUT2D eigenvalue weighted by molar-refractivity contribution is 7.22. The fraction of sp³-hybridized carbons (Fsp3) is 0. The van der Waals surface area contributed by atoms with E-state index < -0.39 is 10.8 Å². The van der Waals surface area contributed by atoms with Gasteiger partial charge in [0.2, 0.25) is 0 Å².